The van der Waals surface area contributed by atoms with E-state index in [9.17, 15) is 17.6 Å². The van der Waals surface area contributed by atoms with Crippen LogP contribution in [0.1, 0.15) is 23.2 Å². The van der Waals surface area contributed by atoms with Crippen LogP contribution < -0.4 is 15.5 Å². The molecule has 9 nitrogen and oxygen atoms in total. The number of nitrogens with zero attached hydrogens (tertiary/aromatic N) is 2. The van der Waals surface area contributed by atoms with Crippen LogP contribution in [-0.2, 0) is 14.6 Å². The maximum absolute atomic E-state index is 13.7. The number of aromatic amines is 1. The maximum Gasteiger partial charge on any atom is 0.258 e. The second-order valence-electron chi connectivity index (χ2n) is 9.35. The molecule has 0 atom stereocenters. The minimum absolute atomic E-state index is 0.0373. The van der Waals surface area contributed by atoms with Gasteiger partial charge in [0.1, 0.15) is 5.82 Å². The van der Waals surface area contributed by atoms with Crippen LogP contribution in [0.2, 0.25) is 0 Å². The van der Waals surface area contributed by atoms with Crippen LogP contribution in [0.5, 0.6) is 0 Å². The SMILES string of the molecule is CN(C)c1ccc(C(=O)Nc2n[nH]c3ccc(S(=O)(=O)c4cccc(F)c4)cc23)c(NC2CCOCC2)c1. The molecule has 1 amide bonds. The molecule has 0 spiro atoms. The molecule has 1 aromatic heterocycles. The van der Waals surface area contributed by atoms with Gasteiger partial charge in [-0.25, -0.2) is 12.8 Å². The Morgan fingerprint density at radius 3 is 2.55 bits per heavy atom. The predicted molar refractivity (Wildman–Crippen MR) is 144 cm³/mol. The third kappa shape index (κ3) is 5.20. The van der Waals surface area contributed by atoms with Crippen molar-refractivity contribution in [1.29, 1.82) is 0 Å². The molecule has 5 rings (SSSR count). The first-order chi connectivity index (χ1) is 18.2. The van der Waals surface area contributed by atoms with Gasteiger partial charge in [0.05, 0.1) is 20.9 Å². The Kier molecular flexibility index (Phi) is 7.04. The zero-order valence-electron chi connectivity index (χ0n) is 21.0. The number of fused-ring (bicyclic) bond motifs is 1. The largest absolute Gasteiger partial charge is 0.381 e. The molecule has 4 aromatic rings. The van der Waals surface area contributed by atoms with Crippen LogP contribution >= 0.6 is 0 Å². The van der Waals surface area contributed by atoms with Gasteiger partial charge >= 0.3 is 0 Å². The lowest BCUT2D eigenvalue weighted by atomic mass is 10.1. The van der Waals surface area contributed by atoms with Crippen molar-refractivity contribution >= 4 is 43.8 Å². The van der Waals surface area contributed by atoms with Gasteiger partial charge in [0.25, 0.3) is 5.91 Å². The van der Waals surface area contributed by atoms with Crippen molar-refractivity contribution in [2.24, 2.45) is 0 Å². The number of aromatic nitrogens is 2. The third-order valence-electron chi connectivity index (χ3n) is 6.53. The summed E-state index contributed by atoms with van der Waals surface area (Å²) in [6, 6.07) is 15.0. The Bertz CT molecular complexity index is 1600. The van der Waals surface area contributed by atoms with Crippen LogP contribution in [0.3, 0.4) is 0 Å². The average molecular weight is 538 g/mol. The van der Waals surface area contributed by atoms with E-state index < -0.39 is 21.6 Å². The molecule has 1 aliphatic rings. The quantitative estimate of drug-likeness (QED) is 0.319. The molecular weight excluding hydrogens is 509 g/mol. The van der Waals surface area contributed by atoms with E-state index in [1.54, 1.807) is 12.1 Å². The van der Waals surface area contributed by atoms with Crippen molar-refractivity contribution in [3.63, 3.8) is 0 Å². The summed E-state index contributed by atoms with van der Waals surface area (Å²) in [5.41, 5.74) is 2.60. The smallest absolute Gasteiger partial charge is 0.258 e. The Hall–Kier alpha value is -3.96. The highest BCUT2D eigenvalue weighted by Gasteiger charge is 2.22. The molecule has 3 aromatic carbocycles. The number of halogens is 1. The van der Waals surface area contributed by atoms with Gasteiger partial charge in [-0.2, -0.15) is 5.10 Å². The molecule has 198 valence electrons. The van der Waals surface area contributed by atoms with E-state index in [-0.39, 0.29) is 21.7 Å². The number of ether oxygens (including phenoxy) is 1. The van der Waals surface area contributed by atoms with Crippen molar-refractivity contribution in [1.82, 2.24) is 10.2 Å². The number of sulfone groups is 1. The topological polar surface area (TPSA) is 116 Å². The Balaban J connectivity index is 1.46. The summed E-state index contributed by atoms with van der Waals surface area (Å²) >= 11 is 0. The van der Waals surface area contributed by atoms with E-state index in [2.05, 4.69) is 20.8 Å². The number of carbonyl (C=O) groups is 1. The van der Waals surface area contributed by atoms with Gasteiger partial charge < -0.3 is 20.3 Å². The predicted octanol–water partition coefficient (Wildman–Crippen LogP) is 4.44. The molecule has 1 saturated heterocycles. The number of carbonyl (C=O) groups excluding carboxylic acids is 1. The lowest BCUT2D eigenvalue weighted by Crippen LogP contribution is -2.29. The number of anilines is 3. The molecular formula is C27H28FN5O4S. The summed E-state index contributed by atoms with van der Waals surface area (Å²) in [5.74, 6) is -0.847. The molecule has 0 aliphatic carbocycles. The fraction of sp³-hybridized carbons (Fsp3) is 0.259. The summed E-state index contributed by atoms with van der Waals surface area (Å²) in [5, 5.41) is 13.8. The second kappa shape index (κ2) is 10.4. The number of amides is 1. The molecule has 11 heteroatoms. The summed E-state index contributed by atoms with van der Waals surface area (Å²) in [4.78, 5) is 15.2. The van der Waals surface area contributed by atoms with Crippen LogP contribution in [0, 0.1) is 5.82 Å². The first-order valence-electron chi connectivity index (χ1n) is 12.2. The molecule has 3 N–H and O–H groups in total. The van der Waals surface area contributed by atoms with Crippen LogP contribution in [-0.4, -0.2) is 57.9 Å². The average Bonchev–Trinajstić information content (AvgIpc) is 3.31. The Labute approximate surface area is 219 Å². The number of nitrogens with one attached hydrogen (secondary N) is 3. The molecule has 1 fully saturated rings. The number of benzene rings is 3. The van der Waals surface area contributed by atoms with Crippen LogP contribution in [0.4, 0.5) is 21.6 Å². The van der Waals surface area contributed by atoms with Gasteiger partial charge in [-0.05, 0) is 67.4 Å². The summed E-state index contributed by atoms with van der Waals surface area (Å²) in [7, 11) is -0.125. The van der Waals surface area contributed by atoms with E-state index >= 15 is 0 Å². The highest BCUT2D eigenvalue weighted by atomic mass is 32.2. The fourth-order valence-electron chi connectivity index (χ4n) is 4.39. The number of hydrogen-bond acceptors (Lipinski definition) is 7. The van der Waals surface area contributed by atoms with Gasteiger partial charge in [0, 0.05) is 50.1 Å². The van der Waals surface area contributed by atoms with Gasteiger partial charge in [-0.3, -0.25) is 9.89 Å². The maximum atomic E-state index is 13.7. The van der Waals surface area contributed by atoms with E-state index in [1.807, 2.05) is 31.1 Å². The zero-order chi connectivity index (χ0) is 26.9. The lowest BCUT2D eigenvalue weighted by Gasteiger charge is -2.26. The summed E-state index contributed by atoms with van der Waals surface area (Å²) in [6.45, 7) is 1.32. The second-order valence-corrected chi connectivity index (χ2v) is 11.3. The van der Waals surface area contributed by atoms with Crippen molar-refractivity contribution < 1.29 is 22.3 Å². The standard InChI is InChI=1S/C27H28FN5O4S/c1-33(2)19-6-8-22(25(15-19)29-18-10-12-37-13-11-18)27(34)30-26-23-16-21(7-9-24(23)31-32-26)38(35,36)20-5-3-4-17(28)14-20/h3-9,14-16,18,29H,10-13H2,1-2H3,(H2,30,31,32,34). The Morgan fingerprint density at radius 2 is 1.82 bits per heavy atom. The van der Waals surface area contributed by atoms with Crippen molar-refractivity contribution in [3.8, 4) is 0 Å². The molecule has 0 radical (unpaired) electrons. The van der Waals surface area contributed by atoms with Gasteiger partial charge in [-0.15, -0.1) is 0 Å². The molecule has 0 bridgehead atoms. The Morgan fingerprint density at radius 1 is 1.05 bits per heavy atom. The van der Waals surface area contributed by atoms with Gasteiger partial charge in [-0.1, -0.05) is 6.07 Å². The normalized spacial score (nSPS) is 14.4. The minimum atomic E-state index is -3.98. The minimum Gasteiger partial charge on any atom is -0.381 e. The van der Waals surface area contributed by atoms with Crippen LogP contribution in [0.25, 0.3) is 10.9 Å². The molecule has 0 saturated carbocycles. The van der Waals surface area contributed by atoms with E-state index in [4.69, 9.17) is 4.74 Å². The fourth-order valence-corrected chi connectivity index (χ4v) is 5.71. The number of rotatable bonds is 7. The third-order valence-corrected chi connectivity index (χ3v) is 8.28. The molecule has 38 heavy (non-hydrogen) atoms. The van der Waals surface area contributed by atoms with E-state index in [0.29, 0.717) is 35.4 Å². The first kappa shape index (κ1) is 25.7. The van der Waals surface area contributed by atoms with E-state index in [1.165, 1.54) is 30.3 Å². The zero-order valence-corrected chi connectivity index (χ0v) is 21.8. The van der Waals surface area contributed by atoms with Gasteiger partial charge in [0.2, 0.25) is 9.84 Å². The molecule has 1 aliphatic heterocycles. The highest BCUT2D eigenvalue weighted by Crippen LogP contribution is 2.30. The monoisotopic (exact) mass is 537 g/mol. The van der Waals surface area contributed by atoms with Crippen molar-refractivity contribution in [2.45, 2.75) is 28.7 Å². The van der Waals surface area contributed by atoms with Crippen LogP contribution in [0.15, 0.2) is 70.5 Å². The molecule has 0 unspecified atom stereocenters. The first-order valence-corrected chi connectivity index (χ1v) is 13.7. The summed E-state index contributed by atoms with van der Waals surface area (Å²) < 4.78 is 45.4. The number of H-pyrrole nitrogens is 1. The van der Waals surface area contributed by atoms with Crippen molar-refractivity contribution in [2.75, 3.05) is 42.8 Å². The number of hydrogen-bond donors (Lipinski definition) is 3. The van der Waals surface area contributed by atoms with E-state index in [0.717, 1.165) is 24.6 Å². The highest BCUT2D eigenvalue weighted by molar-refractivity contribution is 7.91. The van der Waals surface area contributed by atoms with Crippen molar-refractivity contribution in [3.05, 3.63) is 72.0 Å². The lowest BCUT2D eigenvalue weighted by molar-refractivity contribution is 0.0904. The molecule has 2 heterocycles. The van der Waals surface area contributed by atoms with Gasteiger partial charge in [0.15, 0.2) is 5.82 Å². The summed E-state index contributed by atoms with van der Waals surface area (Å²) in [6.07, 6.45) is 1.67.